The maximum atomic E-state index is 5.94. The van der Waals surface area contributed by atoms with Crippen molar-refractivity contribution < 1.29 is 9.47 Å². The Labute approximate surface area is 118 Å². The monoisotopic (exact) mass is 284 g/mol. The first kappa shape index (κ1) is 16.2. The molecule has 1 unspecified atom stereocenters. The summed E-state index contributed by atoms with van der Waals surface area (Å²) >= 11 is 0. The molecule has 5 heteroatoms. The molecule has 0 saturated heterocycles. The maximum absolute atomic E-state index is 5.94. The minimum Gasteiger partial charge on any atom is -0.478 e. The van der Waals surface area contributed by atoms with E-state index in [2.05, 4.69) is 31.6 Å². The molecule has 1 atom stereocenters. The van der Waals surface area contributed by atoms with Crippen molar-refractivity contribution in [1.82, 2.24) is 0 Å². The summed E-state index contributed by atoms with van der Waals surface area (Å²) in [7, 11) is -1.02. The van der Waals surface area contributed by atoms with Crippen molar-refractivity contribution in [2.75, 3.05) is 19.8 Å². The number of unbranched alkanes of at least 4 members (excludes halogenated alkanes) is 1. The Morgan fingerprint density at radius 2 is 2.05 bits per heavy atom. The first-order valence-electron chi connectivity index (χ1n) is 7.18. The summed E-state index contributed by atoms with van der Waals surface area (Å²) in [6.45, 7) is 11.3. The second-order valence-corrected chi connectivity index (χ2v) is 11.8. The summed E-state index contributed by atoms with van der Waals surface area (Å²) in [6.07, 6.45) is 3.99. The van der Waals surface area contributed by atoms with Crippen LogP contribution in [0.2, 0.25) is 25.7 Å². The maximum Gasteiger partial charge on any atom is 0.211 e. The van der Waals surface area contributed by atoms with Gasteiger partial charge < -0.3 is 15.2 Å². The van der Waals surface area contributed by atoms with E-state index in [0.717, 1.165) is 25.1 Å². The van der Waals surface area contributed by atoms with Crippen molar-refractivity contribution in [3.63, 3.8) is 0 Å². The standard InChI is InChI=1S/C14H28N2O2Si/c1-5-6-7-18-14-10-12(15)13(16-14)11-17-8-9-19(2,3)4/h10,13H,5-9,11,15H2,1-4H3. The lowest BCUT2D eigenvalue weighted by Crippen LogP contribution is -2.24. The molecule has 0 aromatic rings. The SMILES string of the molecule is CCCCOC1=NC(COCC[Si](C)(C)C)C(N)=C1. The van der Waals surface area contributed by atoms with Gasteiger partial charge >= 0.3 is 0 Å². The minimum atomic E-state index is -1.02. The van der Waals surface area contributed by atoms with Crippen molar-refractivity contribution in [3.8, 4) is 0 Å². The first-order valence-corrected chi connectivity index (χ1v) is 10.9. The van der Waals surface area contributed by atoms with Crippen LogP contribution in [0.5, 0.6) is 0 Å². The van der Waals surface area contributed by atoms with E-state index in [4.69, 9.17) is 15.2 Å². The zero-order valence-corrected chi connectivity index (χ0v) is 13.7. The van der Waals surface area contributed by atoms with E-state index in [1.54, 1.807) is 0 Å². The highest BCUT2D eigenvalue weighted by atomic mass is 28.3. The Kier molecular flexibility index (Phi) is 6.58. The van der Waals surface area contributed by atoms with Gasteiger partial charge in [0.1, 0.15) is 6.04 Å². The third kappa shape index (κ3) is 6.78. The second-order valence-electron chi connectivity index (χ2n) is 6.22. The van der Waals surface area contributed by atoms with Crippen LogP contribution in [-0.2, 0) is 9.47 Å². The quantitative estimate of drug-likeness (QED) is 0.551. The zero-order valence-electron chi connectivity index (χ0n) is 12.7. The number of hydrogen-bond acceptors (Lipinski definition) is 4. The van der Waals surface area contributed by atoms with Gasteiger partial charge in [0.05, 0.1) is 13.2 Å². The van der Waals surface area contributed by atoms with Crippen molar-refractivity contribution >= 4 is 14.0 Å². The van der Waals surface area contributed by atoms with Crippen LogP contribution in [0.1, 0.15) is 19.8 Å². The molecule has 1 aliphatic heterocycles. The van der Waals surface area contributed by atoms with Gasteiger partial charge in [0.25, 0.3) is 0 Å². The third-order valence-corrected chi connectivity index (χ3v) is 4.68. The van der Waals surface area contributed by atoms with Gasteiger partial charge in [-0.1, -0.05) is 33.0 Å². The van der Waals surface area contributed by atoms with Crippen molar-refractivity contribution in [1.29, 1.82) is 0 Å². The van der Waals surface area contributed by atoms with Crippen molar-refractivity contribution in [2.45, 2.75) is 51.5 Å². The molecule has 0 spiro atoms. The lowest BCUT2D eigenvalue weighted by molar-refractivity contribution is 0.140. The number of nitrogens with two attached hydrogens (primary N) is 1. The average Bonchev–Trinajstić information content (AvgIpc) is 2.65. The molecule has 0 saturated carbocycles. The van der Waals surface area contributed by atoms with Crippen molar-refractivity contribution in [2.24, 2.45) is 10.7 Å². The molecule has 1 aliphatic rings. The van der Waals surface area contributed by atoms with Crippen LogP contribution in [0, 0.1) is 0 Å². The Balaban J connectivity index is 2.25. The van der Waals surface area contributed by atoms with E-state index in [0.29, 0.717) is 19.1 Å². The van der Waals surface area contributed by atoms with Crippen molar-refractivity contribution in [3.05, 3.63) is 11.8 Å². The summed E-state index contributed by atoms with van der Waals surface area (Å²) in [4.78, 5) is 4.44. The van der Waals surface area contributed by atoms with Crippen LogP contribution in [0.15, 0.2) is 16.8 Å². The topological polar surface area (TPSA) is 56.8 Å². The number of aliphatic imine (C=N–C) groups is 1. The van der Waals surface area contributed by atoms with Gasteiger partial charge in [-0.05, 0) is 12.5 Å². The highest BCUT2D eigenvalue weighted by Gasteiger charge is 2.20. The molecule has 0 aromatic carbocycles. The molecular weight excluding hydrogens is 256 g/mol. The summed E-state index contributed by atoms with van der Waals surface area (Å²) < 4.78 is 11.2. The molecular formula is C14H28N2O2Si. The molecule has 4 nitrogen and oxygen atoms in total. The number of hydrogen-bond donors (Lipinski definition) is 1. The molecule has 0 bridgehead atoms. The lowest BCUT2D eigenvalue weighted by Gasteiger charge is -2.16. The summed E-state index contributed by atoms with van der Waals surface area (Å²) in [5.41, 5.74) is 6.69. The van der Waals surface area contributed by atoms with Crippen LogP contribution in [0.4, 0.5) is 0 Å². The summed E-state index contributed by atoms with van der Waals surface area (Å²) in [5, 5.41) is 0. The molecule has 1 heterocycles. The highest BCUT2D eigenvalue weighted by molar-refractivity contribution is 6.76. The van der Waals surface area contributed by atoms with Crippen LogP contribution in [-0.4, -0.2) is 39.8 Å². The van der Waals surface area contributed by atoms with E-state index >= 15 is 0 Å². The van der Waals surface area contributed by atoms with E-state index in [-0.39, 0.29) is 6.04 Å². The van der Waals surface area contributed by atoms with Gasteiger partial charge in [0.15, 0.2) is 0 Å². The highest BCUT2D eigenvalue weighted by Crippen LogP contribution is 2.13. The zero-order chi connectivity index (χ0) is 14.3. The fraction of sp³-hybridized carbons (Fsp3) is 0.786. The van der Waals surface area contributed by atoms with Gasteiger partial charge in [-0.2, -0.15) is 0 Å². The van der Waals surface area contributed by atoms with E-state index < -0.39 is 8.07 Å². The Hall–Kier alpha value is -0.813. The predicted molar refractivity (Wildman–Crippen MR) is 83.3 cm³/mol. The van der Waals surface area contributed by atoms with Gasteiger partial charge in [-0.25, -0.2) is 4.99 Å². The smallest absolute Gasteiger partial charge is 0.211 e. The number of rotatable bonds is 8. The van der Waals surface area contributed by atoms with E-state index in [1.165, 1.54) is 6.04 Å². The van der Waals surface area contributed by atoms with Crippen LogP contribution in [0.25, 0.3) is 0 Å². The first-order chi connectivity index (χ1) is 8.92. The summed E-state index contributed by atoms with van der Waals surface area (Å²) in [6, 6.07) is 1.12. The van der Waals surface area contributed by atoms with Crippen LogP contribution >= 0.6 is 0 Å². The lowest BCUT2D eigenvalue weighted by atomic mass is 10.2. The van der Waals surface area contributed by atoms with Gasteiger partial charge in [-0.3, -0.25) is 0 Å². The van der Waals surface area contributed by atoms with Gasteiger partial charge in [-0.15, -0.1) is 0 Å². The molecule has 0 aromatic heterocycles. The predicted octanol–water partition coefficient (Wildman–Crippen LogP) is 2.78. The molecule has 2 N–H and O–H groups in total. The number of ether oxygens (including phenoxy) is 2. The minimum absolute atomic E-state index is 0.0572. The summed E-state index contributed by atoms with van der Waals surface area (Å²) in [5.74, 6) is 0.657. The molecule has 0 radical (unpaired) electrons. The van der Waals surface area contributed by atoms with Crippen LogP contribution < -0.4 is 5.73 Å². The van der Waals surface area contributed by atoms with Gasteiger partial charge in [0, 0.05) is 26.5 Å². The largest absolute Gasteiger partial charge is 0.478 e. The average molecular weight is 284 g/mol. The fourth-order valence-electron chi connectivity index (χ4n) is 1.61. The Morgan fingerprint density at radius 1 is 1.32 bits per heavy atom. The van der Waals surface area contributed by atoms with E-state index in [1.807, 2.05) is 6.08 Å². The number of nitrogens with zero attached hydrogens (tertiary/aromatic N) is 1. The third-order valence-electron chi connectivity index (χ3n) is 2.98. The fourth-order valence-corrected chi connectivity index (χ4v) is 2.37. The van der Waals surface area contributed by atoms with Gasteiger partial charge in [0.2, 0.25) is 5.90 Å². The molecule has 0 amide bonds. The molecule has 19 heavy (non-hydrogen) atoms. The Bertz CT molecular complexity index is 335. The molecule has 1 rings (SSSR count). The molecule has 110 valence electrons. The van der Waals surface area contributed by atoms with E-state index in [9.17, 15) is 0 Å². The molecule has 0 aliphatic carbocycles. The second kappa shape index (κ2) is 7.70. The van der Waals surface area contributed by atoms with Crippen LogP contribution in [0.3, 0.4) is 0 Å². The normalized spacial score (nSPS) is 19.3. The molecule has 0 fully saturated rings. The Morgan fingerprint density at radius 3 is 2.68 bits per heavy atom.